The molecule has 1 aromatic carbocycles. The molecule has 0 saturated carbocycles. The summed E-state index contributed by atoms with van der Waals surface area (Å²) in [6, 6.07) is 1.44. The first-order valence-electron chi connectivity index (χ1n) is 3.59. The van der Waals surface area contributed by atoms with Crippen LogP contribution in [0.15, 0.2) is 16.6 Å². The smallest absolute Gasteiger partial charge is 0.325 e. The number of aromatic hydroxyl groups is 1. The van der Waals surface area contributed by atoms with Crippen LogP contribution in [0.3, 0.4) is 0 Å². The molecule has 0 bridgehead atoms. The zero-order chi connectivity index (χ0) is 10.9. The SMILES string of the molecule is NC(C(=O)O)c1c(O)cc(Cl)cc1Br. The maximum atomic E-state index is 10.6. The minimum atomic E-state index is -1.28. The molecular formula is C8H7BrClNO3. The Bertz CT molecular complexity index is 360. The summed E-state index contributed by atoms with van der Waals surface area (Å²) < 4.78 is 0.373. The number of phenolic OH excluding ortho intramolecular Hbond substituents is 1. The molecule has 0 aliphatic carbocycles. The monoisotopic (exact) mass is 279 g/mol. The molecule has 1 aromatic rings. The molecule has 0 amide bonds. The van der Waals surface area contributed by atoms with E-state index in [1.165, 1.54) is 12.1 Å². The number of nitrogens with two attached hydrogens (primary N) is 1. The zero-order valence-corrected chi connectivity index (χ0v) is 9.21. The molecule has 0 saturated heterocycles. The number of halogens is 2. The Morgan fingerprint density at radius 1 is 1.57 bits per heavy atom. The van der Waals surface area contributed by atoms with Crippen molar-refractivity contribution in [3.63, 3.8) is 0 Å². The molecule has 1 unspecified atom stereocenters. The molecule has 0 aliphatic heterocycles. The highest BCUT2D eigenvalue weighted by molar-refractivity contribution is 9.10. The maximum absolute atomic E-state index is 10.6. The molecule has 0 fully saturated rings. The summed E-state index contributed by atoms with van der Waals surface area (Å²) in [5.74, 6) is -1.46. The molecule has 0 aliphatic rings. The Morgan fingerprint density at radius 3 is 2.57 bits per heavy atom. The standard InChI is InChI=1S/C8H7BrClNO3/c9-4-1-3(10)2-5(12)6(4)7(11)8(13)14/h1-2,7,12H,11H2,(H,13,14). The summed E-state index contributed by atoms with van der Waals surface area (Å²) in [5, 5.41) is 18.4. The Hall–Kier alpha value is -0.780. The first-order valence-corrected chi connectivity index (χ1v) is 4.77. The molecule has 6 heteroatoms. The molecule has 4 N–H and O–H groups in total. The van der Waals surface area contributed by atoms with E-state index in [4.69, 9.17) is 22.4 Å². The van der Waals surface area contributed by atoms with Gasteiger partial charge in [0.05, 0.1) is 0 Å². The average molecular weight is 281 g/mol. The van der Waals surface area contributed by atoms with Crippen LogP contribution in [0.5, 0.6) is 5.75 Å². The molecule has 0 aromatic heterocycles. The van der Waals surface area contributed by atoms with Gasteiger partial charge in [-0.25, -0.2) is 0 Å². The number of carboxylic acid groups (broad SMARTS) is 1. The molecule has 0 spiro atoms. The summed E-state index contributed by atoms with van der Waals surface area (Å²) >= 11 is 8.71. The Balaban J connectivity index is 3.27. The summed E-state index contributed by atoms with van der Waals surface area (Å²) in [7, 11) is 0. The number of aliphatic carboxylic acids is 1. The zero-order valence-electron chi connectivity index (χ0n) is 6.87. The fourth-order valence-electron chi connectivity index (χ4n) is 1.00. The number of benzene rings is 1. The number of rotatable bonds is 2. The van der Waals surface area contributed by atoms with Gasteiger partial charge in [0.2, 0.25) is 0 Å². The molecule has 1 rings (SSSR count). The second kappa shape index (κ2) is 4.16. The minimum absolute atomic E-state index is 0.113. The van der Waals surface area contributed by atoms with Gasteiger partial charge in [-0.2, -0.15) is 0 Å². The number of phenols is 1. The highest BCUT2D eigenvalue weighted by Gasteiger charge is 2.21. The molecule has 14 heavy (non-hydrogen) atoms. The third-order valence-electron chi connectivity index (χ3n) is 1.65. The van der Waals surface area contributed by atoms with Crippen LogP contribution in [0.4, 0.5) is 0 Å². The first kappa shape index (κ1) is 11.3. The summed E-state index contributed by atoms with van der Waals surface area (Å²) in [5.41, 5.74) is 5.47. The van der Waals surface area contributed by atoms with Crippen LogP contribution in [0, 0.1) is 0 Å². The van der Waals surface area contributed by atoms with Crippen molar-refractivity contribution in [2.45, 2.75) is 6.04 Å². The lowest BCUT2D eigenvalue weighted by atomic mass is 10.1. The third kappa shape index (κ3) is 2.17. The molecule has 1 atom stereocenters. The van der Waals surface area contributed by atoms with Crippen molar-refractivity contribution in [3.05, 3.63) is 27.2 Å². The van der Waals surface area contributed by atoms with Gasteiger partial charge >= 0.3 is 5.97 Å². The van der Waals surface area contributed by atoms with Crippen LogP contribution >= 0.6 is 27.5 Å². The predicted molar refractivity (Wildman–Crippen MR) is 55.4 cm³/mol. The van der Waals surface area contributed by atoms with Crippen molar-refractivity contribution in [2.75, 3.05) is 0 Å². The van der Waals surface area contributed by atoms with Gasteiger partial charge in [0.15, 0.2) is 0 Å². The van der Waals surface area contributed by atoms with Crippen molar-refractivity contribution < 1.29 is 15.0 Å². The van der Waals surface area contributed by atoms with Crippen molar-refractivity contribution in [3.8, 4) is 5.75 Å². The fourth-order valence-corrected chi connectivity index (χ4v) is 2.04. The van der Waals surface area contributed by atoms with Gasteiger partial charge in [-0.15, -0.1) is 0 Å². The first-order chi connectivity index (χ1) is 6.43. The van der Waals surface area contributed by atoms with Crippen LogP contribution in [-0.4, -0.2) is 16.2 Å². The number of carbonyl (C=O) groups is 1. The topological polar surface area (TPSA) is 83.6 Å². The third-order valence-corrected chi connectivity index (χ3v) is 2.52. The van der Waals surface area contributed by atoms with Crippen LogP contribution < -0.4 is 5.73 Å². The van der Waals surface area contributed by atoms with Crippen molar-refractivity contribution in [1.29, 1.82) is 0 Å². The minimum Gasteiger partial charge on any atom is -0.507 e. The number of carboxylic acids is 1. The van der Waals surface area contributed by atoms with E-state index in [1.54, 1.807) is 0 Å². The highest BCUT2D eigenvalue weighted by Crippen LogP contribution is 2.33. The lowest BCUT2D eigenvalue weighted by Crippen LogP contribution is -2.21. The van der Waals surface area contributed by atoms with E-state index in [1.807, 2.05) is 0 Å². The van der Waals surface area contributed by atoms with Gasteiger partial charge in [0, 0.05) is 15.1 Å². The average Bonchev–Trinajstić information content (AvgIpc) is 2.01. The highest BCUT2D eigenvalue weighted by atomic mass is 79.9. The van der Waals surface area contributed by atoms with E-state index in [0.29, 0.717) is 9.50 Å². The predicted octanol–water partition coefficient (Wildman–Crippen LogP) is 1.89. The van der Waals surface area contributed by atoms with Crippen LogP contribution in [-0.2, 0) is 4.79 Å². The van der Waals surface area contributed by atoms with Crippen molar-refractivity contribution in [2.24, 2.45) is 5.73 Å². The molecule has 76 valence electrons. The van der Waals surface area contributed by atoms with Crippen LogP contribution in [0.25, 0.3) is 0 Å². The van der Waals surface area contributed by atoms with E-state index in [2.05, 4.69) is 15.9 Å². The van der Waals surface area contributed by atoms with E-state index in [-0.39, 0.29) is 11.3 Å². The van der Waals surface area contributed by atoms with Gasteiger partial charge in [0.25, 0.3) is 0 Å². The molecular weight excluding hydrogens is 273 g/mol. The summed E-state index contributed by atoms with van der Waals surface area (Å²) in [4.78, 5) is 10.6. The van der Waals surface area contributed by atoms with Gasteiger partial charge < -0.3 is 15.9 Å². The van der Waals surface area contributed by atoms with Crippen LogP contribution in [0.1, 0.15) is 11.6 Å². The Morgan fingerprint density at radius 2 is 2.14 bits per heavy atom. The largest absolute Gasteiger partial charge is 0.507 e. The van der Waals surface area contributed by atoms with Crippen molar-refractivity contribution in [1.82, 2.24) is 0 Å². The molecule has 0 radical (unpaired) electrons. The quantitative estimate of drug-likeness (QED) is 0.772. The Labute approximate surface area is 93.4 Å². The van der Waals surface area contributed by atoms with E-state index < -0.39 is 12.0 Å². The van der Waals surface area contributed by atoms with Gasteiger partial charge in [-0.3, -0.25) is 4.79 Å². The number of hydrogen-bond donors (Lipinski definition) is 3. The second-order valence-corrected chi connectivity index (χ2v) is 3.93. The van der Waals surface area contributed by atoms with Crippen molar-refractivity contribution >= 4 is 33.5 Å². The maximum Gasteiger partial charge on any atom is 0.325 e. The second-order valence-electron chi connectivity index (χ2n) is 2.64. The summed E-state index contributed by atoms with van der Waals surface area (Å²) in [6.07, 6.45) is 0. The lowest BCUT2D eigenvalue weighted by Gasteiger charge is -2.11. The van der Waals surface area contributed by atoms with Gasteiger partial charge in [-0.05, 0) is 12.1 Å². The van der Waals surface area contributed by atoms with Crippen LogP contribution in [0.2, 0.25) is 5.02 Å². The van der Waals surface area contributed by atoms with Gasteiger partial charge in [-0.1, -0.05) is 27.5 Å². The Kier molecular flexibility index (Phi) is 3.36. The van der Waals surface area contributed by atoms with E-state index in [0.717, 1.165) is 0 Å². The normalized spacial score (nSPS) is 12.5. The van der Waals surface area contributed by atoms with E-state index in [9.17, 15) is 9.90 Å². The number of hydrogen-bond acceptors (Lipinski definition) is 3. The van der Waals surface area contributed by atoms with Gasteiger partial charge in [0.1, 0.15) is 11.8 Å². The molecule has 4 nitrogen and oxygen atoms in total. The summed E-state index contributed by atoms with van der Waals surface area (Å²) in [6.45, 7) is 0. The molecule has 0 heterocycles. The lowest BCUT2D eigenvalue weighted by molar-refractivity contribution is -0.138. The van der Waals surface area contributed by atoms with E-state index >= 15 is 0 Å². The fraction of sp³-hybridized carbons (Fsp3) is 0.125.